The molecular weight excluding hydrogens is 258 g/mol. The highest BCUT2D eigenvalue weighted by atomic mass is 35.5. The van der Waals surface area contributed by atoms with Gasteiger partial charge in [-0.15, -0.1) is 0 Å². The molecule has 1 aromatic rings. The van der Waals surface area contributed by atoms with Crippen molar-refractivity contribution in [3.05, 3.63) is 23.4 Å². The van der Waals surface area contributed by atoms with Gasteiger partial charge in [-0.3, -0.25) is 5.41 Å². The van der Waals surface area contributed by atoms with Crippen molar-refractivity contribution < 1.29 is 0 Å². The lowest BCUT2D eigenvalue weighted by Crippen LogP contribution is -2.33. The van der Waals surface area contributed by atoms with E-state index < -0.39 is 0 Å². The number of thioether (sulfide) groups is 1. The van der Waals surface area contributed by atoms with Crippen LogP contribution in [0.2, 0.25) is 5.02 Å². The average molecular weight is 272 g/mol. The fourth-order valence-electron chi connectivity index (χ4n) is 0.980. The van der Waals surface area contributed by atoms with E-state index in [0.717, 1.165) is 0 Å². The molecule has 92 valence electrons. The SMILES string of the molecule is CSC(=N)/N=C(\Nc1ccc(Cl)cn1)C(C)N. The molecule has 0 spiro atoms. The van der Waals surface area contributed by atoms with Crippen LogP contribution >= 0.6 is 23.4 Å². The highest BCUT2D eigenvalue weighted by molar-refractivity contribution is 8.13. The molecule has 0 radical (unpaired) electrons. The van der Waals surface area contributed by atoms with Crippen molar-refractivity contribution in [2.45, 2.75) is 13.0 Å². The van der Waals surface area contributed by atoms with Crippen molar-refractivity contribution >= 4 is 40.2 Å². The second-order valence-electron chi connectivity index (χ2n) is 3.28. The van der Waals surface area contributed by atoms with Gasteiger partial charge in [0.1, 0.15) is 11.7 Å². The third-order valence-electron chi connectivity index (χ3n) is 1.83. The van der Waals surface area contributed by atoms with Crippen LogP contribution in [-0.4, -0.2) is 28.3 Å². The molecule has 0 fully saturated rings. The van der Waals surface area contributed by atoms with Gasteiger partial charge < -0.3 is 11.1 Å². The molecule has 0 aliphatic carbocycles. The number of hydrogen-bond donors (Lipinski definition) is 3. The summed E-state index contributed by atoms with van der Waals surface area (Å²) in [5.74, 6) is 1.10. The molecule has 1 aromatic heterocycles. The van der Waals surface area contributed by atoms with Gasteiger partial charge in [0.05, 0.1) is 11.1 Å². The monoisotopic (exact) mass is 271 g/mol. The van der Waals surface area contributed by atoms with E-state index in [4.69, 9.17) is 22.7 Å². The fraction of sp³-hybridized carbons (Fsp3) is 0.300. The Hall–Kier alpha value is -1.11. The van der Waals surface area contributed by atoms with Crippen molar-refractivity contribution in [3.63, 3.8) is 0 Å². The Morgan fingerprint density at radius 3 is 2.82 bits per heavy atom. The zero-order valence-electron chi connectivity index (χ0n) is 9.57. The molecule has 0 aliphatic heterocycles. The van der Waals surface area contributed by atoms with Crippen molar-refractivity contribution in [2.75, 3.05) is 11.6 Å². The van der Waals surface area contributed by atoms with Crippen molar-refractivity contribution in [1.29, 1.82) is 5.41 Å². The number of halogens is 1. The molecule has 7 heteroatoms. The predicted octanol–water partition coefficient (Wildman–Crippen LogP) is 2.19. The molecule has 0 aromatic carbocycles. The maximum atomic E-state index is 7.50. The Balaban J connectivity index is 2.84. The number of nitrogens with zero attached hydrogens (tertiary/aromatic N) is 2. The number of aromatic nitrogens is 1. The van der Waals surface area contributed by atoms with Gasteiger partial charge in [-0.25, -0.2) is 9.98 Å². The topological polar surface area (TPSA) is 87.2 Å². The maximum Gasteiger partial charge on any atom is 0.181 e. The number of hydrogen-bond acceptors (Lipinski definition) is 4. The Bertz CT molecular complexity index is 415. The molecule has 1 unspecified atom stereocenters. The Morgan fingerprint density at radius 2 is 2.35 bits per heavy atom. The summed E-state index contributed by atoms with van der Waals surface area (Å²) in [6.45, 7) is 1.79. The predicted molar refractivity (Wildman–Crippen MR) is 75.2 cm³/mol. The standard InChI is InChI=1S/C10H14ClN5S/c1-6(12)9(16-10(13)17-2)15-8-4-3-7(11)5-14-8/h3-6H,12H2,1-2H3,(H2,13,14,15,16). The molecule has 17 heavy (non-hydrogen) atoms. The average Bonchev–Trinajstić information content (AvgIpc) is 2.30. The van der Waals surface area contributed by atoms with Crippen LogP contribution in [0.4, 0.5) is 5.82 Å². The molecule has 1 rings (SSSR count). The normalized spacial score (nSPS) is 13.3. The van der Waals surface area contributed by atoms with Crippen molar-refractivity contribution in [3.8, 4) is 0 Å². The third-order valence-corrected chi connectivity index (χ3v) is 2.53. The summed E-state index contributed by atoms with van der Waals surface area (Å²) in [6, 6.07) is 3.14. The first-order valence-electron chi connectivity index (χ1n) is 4.88. The molecular formula is C10H14ClN5S. The lowest BCUT2D eigenvalue weighted by atomic mass is 10.3. The molecule has 1 heterocycles. The molecule has 0 aliphatic rings. The summed E-state index contributed by atoms with van der Waals surface area (Å²) in [4.78, 5) is 8.14. The van der Waals surface area contributed by atoms with E-state index in [-0.39, 0.29) is 11.2 Å². The van der Waals surface area contributed by atoms with Crippen LogP contribution in [0.3, 0.4) is 0 Å². The zero-order chi connectivity index (χ0) is 12.8. The highest BCUT2D eigenvalue weighted by Gasteiger charge is 2.07. The van der Waals surface area contributed by atoms with Crippen molar-refractivity contribution in [1.82, 2.24) is 4.98 Å². The number of nitrogens with one attached hydrogen (secondary N) is 2. The van der Waals surface area contributed by atoms with Gasteiger partial charge in [-0.2, -0.15) is 0 Å². The largest absolute Gasteiger partial charge is 0.327 e. The number of amidine groups is 2. The van der Waals surface area contributed by atoms with E-state index in [1.54, 1.807) is 25.3 Å². The minimum Gasteiger partial charge on any atom is -0.327 e. The Labute approximate surface area is 109 Å². The summed E-state index contributed by atoms with van der Waals surface area (Å²) in [6.07, 6.45) is 3.31. The first-order chi connectivity index (χ1) is 8.02. The first kappa shape index (κ1) is 14.0. The minimum atomic E-state index is -0.306. The van der Waals surface area contributed by atoms with Crippen LogP contribution < -0.4 is 11.1 Å². The summed E-state index contributed by atoms with van der Waals surface area (Å²) >= 11 is 6.98. The van der Waals surface area contributed by atoms with Gasteiger partial charge in [0.15, 0.2) is 5.17 Å². The molecule has 0 amide bonds. The summed E-state index contributed by atoms with van der Waals surface area (Å²) in [7, 11) is 0. The lowest BCUT2D eigenvalue weighted by Gasteiger charge is -2.12. The van der Waals surface area contributed by atoms with Gasteiger partial charge in [0.2, 0.25) is 0 Å². The van der Waals surface area contributed by atoms with Crippen LogP contribution in [0.25, 0.3) is 0 Å². The van der Waals surface area contributed by atoms with Gasteiger partial charge >= 0.3 is 0 Å². The van der Waals surface area contributed by atoms with Gasteiger partial charge in [-0.05, 0) is 25.3 Å². The quantitative estimate of drug-likeness (QED) is 0.568. The maximum absolute atomic E-state index is 7.50. The minimum absolute atomic E-state index is 0.193. The summed E-state index contributed by atoms with van der Waals surface area (Å²) in [5.41, 5.74) is 5.76. The molecule has 1 atom stereocenters. The molecule has 0 saturated heterocycles. The summed E-state index contributed by atoms with van der Waals surface area (Å²) in [5, 5.41) is 11.2. The Morgan fingerprint density at radius 1 is 1.65 bits per heavy atom. The van der Waals surface area contributed by atoms with Gasteiger partial charge in [0, 0.05) is 6.20 Å². The highest BCUT2D eigenvalue weighted by Crippen LogP contribution is 2.10. The van der Waals surface area contributed by atoms with Gasteiger partial charge in [0.25, 0.3) is 0 Å². The molecule has 5 nitrogen and oxygen atoms in total. The first-order valence-corrected chi connectivity index (χ1v) is 6.48. The second-order valence-corrected chi connectivity index (χ2v) is 4.51. The van der Waals surface area contributed by atoms with Crippen LogP contribution in [0, 0.1) is 5.41 Å². The smallest absolute Gasteiger partial charge is 0.181 e. The van der Waals surface area contributed by atoms with Gasteiger partial charge in [-0.1, -0.05) is 23.4 Å². The summed E-state index contributed by atoms with van der Waals surface area (Å²) < 4.78 is 0. The van der Waals surface area contributed by atoms with Crippen LogP contribution in [0.15, 0.2) is 23.3 Å². The van der Waals surface area contributed by atoms with E-state index in [1.807, 2.05) is 0 Å². The zero-order valence-corrected chi connectivity index (χ0v) is 11.1. The molecule has 4 N–H and O–H groups in total. The number of pyridine rings is 1. The van der Waals surface area contributed by atoms with E-state index >= 15 is 0 Å². The van der Waals surface area contributed by atoms with Crippen LogP contribution in [0.5, 0.6) is 0 Å². The fourth-order valence-corrected chi connectivity index (χ4v) is 1.28. The van der Waals surface area contributed by atoms with Crippen molar-refractivity contribution in [2.24, 2.45) is 10.7 Å². The number of anilines is 1. The Kier molecular flexibility index (Phi) is 5.40. The molecule has 0 saturated carbocycles. The number of nitrogens with two attached hydrogens (primary N) is 1. The molecule has 0 bridgehead atoms. The number of rotatable bonds is 2. The van der Waals surface area contributed by atoms with E-state index in [0.29, 0.717) is 16.7 Å². The van der Waals surface area contributed by atoms with Crippen LogP contribution in [0.1, 0.15) is 6.92 Å². The van der Waals surface area contributed by atoms with E-state index in [2.05, 4.69) is 15.3 Å². The van der Waals surface area contributed by atoms with E-state index in [1.165, 1.54) is 18.0 Å². The lowest BCUT2D eigenvalue weighted by molar-refractivity contribution is 0.969. The van der Waals surface area contributed by atoms with Crippen LogP contribution in [-0.2, 0) is 0 Å². The number of aliphatic imine (C=N–C) groups is 1. The van der Waals surface area contributed by atoms with E-state index in [9.17, 15) is 0 Å². The third kappa shape index (κ3) is 4.72. The second kappa shape index (κ2) is 6.58.